The van der Waals surface area contributed by atoms with Crippen LogP contribution in [0.4, 0.5) is 0 Å². The summed E-state index contributed by atoms with van der Waals surface area (Å²) < 4.78 is 14.9. The largest absolute Gasteiger partial charge is 0.494 e. The van der Waals surface area contributed by atoms with Crippen LogP contribution >= 0.6 is 0 Å². The summed E-state index contributed by atoms with van der Waals surface area (Å²) >= 11 is 0. The summed E-state index contributed by atoms with van der Waals surface area (Å²) in [5, 5.41) is 2.44. The van der Waals surface area contributed by atoms with Gasteiger partial charge in [-0.2, -0.15) is 0 Å². The summed E-state index contributed by atoms with van der Waals surface area (Å²) in [6.07, 6.45) is 6.31. The van der Waals surface area contributed by atoms with Gasteiger partial charge in [0.25, 0.3) is 0 Å². The zero-order valence-electron chi connectivity index (χ0n) is 18.8. The first-order valence-electron chi connectivity index (χ1n) is 10.5. The van der Waals surface area contributed by atoms with Gasteiger partial charge in [-0.05, 0) is 71.3 Å². The van der Waals surface area contributed by atoms with Crippen LogP contribution in [0.2, 0.25) is 0 Å². The molecule has 0 spiro atoms. The minimum Gasteiger partial charge on any atom is -0.399 e. The molecule has 0 saturated carbocycles. The van der Waals surface area contributed by atoms with E-state index in [2.05, 4.69) is 99.5 Å². The number of aromatic nitrogens is 1. The van der Waals surface area contributed by atoms with E-state index in [1.807, 2.05) is 13.8 Å². The number of hydrogen-bond donors (Lipinski definition) is 0. The Morgan fingerprint density at radius 1 is 0.967 bits per heavy atom. The summed E-state index contributed by atoms with van der Waals surface area (Å²) in [7, 11) is -0.388. The van der Waals surface area contributed by atoms with Gasteiger partial charge in [-0.1, -0.05) is 48.6 Å². The Bertz CT molecular complexity index is 1180. The molecular weight excluding hydrogens is 369 g/mol. The Morgan fingerprint density at radius 2 is 1.60 bits per heavy atom. The molecular formula is C26H30BNO2. The highest BCUT2D eigenvalue weighted by Crippen LogP contribution is 2.37. The molecule has 30 heavy (non-hydrogen) atoms. The third-order valence-corrected chi connectivity index (χ3v) is 6.21. The molecule has 0 amide bonds. The van der Waals surface area contributed by atoms with Gasteiger partial charge in [0, 0.05) is 16.5 Å². The van der Waals surface area contributed by atoms with E-state index in [1.165, 1.54) is 16.3 Å². The van der Waals surface area contributed by atoms with E-state index < -0.39 is 0 Å². The number of fused-ring (bicyclic) bond motifs is 3. The van der Waals surface area contributed by atoms with Crippen LogP contribution in [-0.2, 0) is 9.31 Å². The maximum Gasteiger partial charge on any atom is 0.494 e. The Hall–Kier alpha value is -2.56. The second-order valence-electron chi connectivity index (χ2n) is 9.13. The van der Waals surface area contributed by atoms with Gasteiger partial charge in [0.15, 0.2) is 0 Å². The highest BCUT2D eigenvalue weighted by Gasteiger charge is 2.51. The van der Waals surface area contributed by atoms with Gasteiger partial charge in [0.2, 0.25) is 0 Å². The molecule has 0 aliphatic carbocycles. The van der Waals surface area contributed by atoms with Crippen LogP contribution in [0.25, 0.3) is 27.5 Å². The smallest absolute Gasteiger partial charge is 0.399 e. The van der Waals surface area contributed by atoms with E-state index in [4.69, 9.17) is 9.31 Å². The summed E-state index contributed by atoms with van der Waals surface area (Å²) in [6, 6.07) is 15.0. The summed E-state index contributed by atoms with van der Waals surface area (Å²) in [4.78, 5) is 0. The Labute approximate surface area is 179 Å². The molecule has 3 nitrogen and oxygen atoms in total. The zero-order valence-corrected chi connectivity index (χ0v) is 18.8. The lowest BCUT2D eigenvalue weighted by molar-refractivity contribution is 0.00578. The highest BCUT2D eigenvalue weighted by atomic mass is 16.7. The number of benzene rings is 2. The lowest BCUT2D eigenvalue weighted by atomic mass is 9.79. The molecule has 0 unspecified atom stereocenters. The van der Waals surface area contributed by atoms with E-state index in [0.29, 0.717) is 0 Å². The van der Waals surface area contributed by atoms with E-state index in [-0.39, 0.29) is 18.3 Å². The summed E-state index contributed by atoms with van der Waals surface area (Å²) in [5.41, 5.74) is 4.70. The van der Waals surface area contributed by atoms with Crippen molar-refractivity contribution >= 4 is 40.1 Å². The number of rotatable bonds is 4. The molecule has 0 bridgehead atoms. The predicted molar refractivity (Wildman–Crippen MR) is 129 cm³/mol. The standard InChI is InChI=1S/C26H30BNO2/c1-8-11-20(16-18(2)3)28-23-13-10-9-12-21(23)22-15-14-19(17-24(22)28)27-29-25(4,5)26(6,7)30-27/h8-17H,2H2,1,3-7H3/b11-8-,20-16+. The molecule has 3 aromatic rings. The number of hydrogen-bond acceptors (Lipinski definition) is 2. The van der Waals surface area contributed by atoms with Crippen LogP contribution in [0, 0.1) is 0 Å². The normalized spacial score (nSPS) is 18.7. The first kappa shape index (κ1) is 20.7. The molecule has 154 valence electrons. The zero-order chi connectivity index (χ0) is 21.7. The minimum atomic E-state index is -0.388. The van der Waals surface area contributed by atoms with Gasteiger partial charge in [0.05, 0.1) is 22.2 Å². The lowest BCUT2D eigenvalue weighted by Crippen LogP contribution is -2.41. The molecule has 2 heterocycles. The van der Waals surface area contributed by atoms with Crippen LogP contribution < -0.4 is 5.46 Å². The molecule has 1 aliphatic heterocycles. The molecule has 1 fully saturated rings. The van der Waals surface area contributed by atoms with Crippen LogP contribution in [0.3, 0.4) is 0 Å². The van der Waals surface area contributed by atoms with Crippen molar-refractivity contribution in [2.24, 2.45) is 0 Å². The average Bonchev–Trinajstić information content (AvgIpc) is 3.11. The molecule has 4 heteroatoms. The average molecular weight is 399 g/mol. The van der Waals surface area contributed by atoms with Gasteiger partial charge in [-0.25, -0.2) is 0 Å². The third-order valence-electron chi connectivity index (χ3n) is 6.21. The number of nitrogens with zero attached hydrogens (tertiary/aromatic N) is 1. The van der Waals surface area contributed by atoms with Crippen molar-refractivity contribution in [1.29, 1.82) is 0 Å². The van der Waals surface area contributed by atoms with E-state index in [1.54, 1.807) is 0 Å². The fourth-order valence-corrected chi connectivity index (χ4v) is 4.00. The van der Waals surface area contributed by atoms with Gasteiger partial charge < -0.3 is 13.9 Å². The van der Waals surface area contributed by atoms with Gasteiger partial charge in [0.1, 0.15) is 0 Å². The number of para-hydroxylation sites is 1. The third kappa shape index (κ3) is 3.34. The fourth-order valence-electron chi connectivity index (χ4n) is 4.00. The first-order chi connectivity index (χ1) is 14.1. The van der Waals surface area contributed by atoms with Crippen molar-refractivity contribution in [1.82, 2.24) is 4.57 Å². The molecule has 1 aliphatic rings. The summed E-state index contributed by atoms with van der Waals surface area (Å²) in [6.45, 7) is 16.5. The quantitative estimate of drug-likeness (QED) is 0.392. The van der Waals surface area contributed by atoms with Gasteiger partial charge >= 0.3 is 7.12 Å². The predicted octanol–water partition coefficient (Wildman–Crippen LogP) is 6.09. The van der Waals surface area contributed by atoms with E-state index >= 15 is 0 Å². The fraction of sp³-hybridized carbons (Fsp3) is 0.308. The van der Waals surface area contributed by atoms with Gasteiger partial charge in [-0.15, -0.1) is 0 Å². The molecule has 1 aromatic heterocycles. The first-order valence-corrected chi connectivity index (χ1v) is 10.5. The van der Waals surface area contributed by atoms with Crippen molar-refractivity contribution in [3.8, 4) is 0 Å². The van der Waals surface area contributed by atoms with Crippen molar-refractivity contribution in [3.63, 3.8) is 0 Å². The number of allylic oxidation sites excluding steroid dienone is 5. The molecule has 0 atom stereocenters. The highest BCUT2D eigenvalue weighted by molar-refractivity contribution is 6.62. The molecule has 1 saturated heterocycles. The molecule has 2 aromatic carbocycles. The second-order valence-corrected chi connectivity index (χ2v) is 9.13. The van der Waals surface area contributed by atoms with E-state index in [0.717, 1.165) is 22.2 Å². The van der Waals surface area contributed by atoms with Crippen LogP contribution in [0.1, 0.15) is 41.5 Å². The van der Waals surface area contributed by atoms with Crippen LogP contribution in [0.5, 0.6) is 0 Å². The lowest BCUT2D eigenvalue weighted by Gasteiger charge is -2.32. The van der Waals surface area contributed by atoms with Crippen molar-refractivity contribution in [3.05, 3.63) is 72.8 Å². The van der Waals surface area contributed by atoms with Crippen molar-refractivity contribution < 1.29 is 9.31 Å². The molecule has 0 radical (unpaired) electrons. The maximum absolute atomic E-state index is 6.31. The van der Waals surface area contributed by atoms with E-state index in [9.17, 15) is 0 Å². The van der Waals surface area contributed by atoms with Crippen LogP contribution in [-0.4, -0.2) is 22.9 Å². The topological polar surface area (TPSA) is 23.4 Å². The second kappa shape index (κ2) is 7.30. The van der Waals surface area contributed by atoms with Crippen molar-refractivity contribution in [2.45, 2.75) is 52.7 Å². The Balaban J connectivity index is 1.96. The maximum atomic E-state index is 6.31. The monoisotopic (exact) mass is 399 g/mol. The van der Waals surface area contributed by atoms with Crippen molar-refractivity contribution in [2.75, 3.05) is 0 Å². The van der Waals surface area contributed by atoms with Gasteiger partial charge in [-0.3, -0.25) is 0 Å². The SMILES string of the molecule is C=C(C)/C=C(\C=C/C)n1c2ccccc2c2ccc(B3OC(C)(C)C(C)(C)O3)cc21. The Kier molecular flexibility index (Phi) is 5.04. The molecule has 4 rings (SSSR count). The summed E-state index contributed by atoms with van der Waals surface area (Å²) in [5.74, 6) is 0. The molecule has 0 N–H and O–H groups in total. The minimum absolute atomic E-state index is 0.366. The van der Waals surface area contributed by atoms with Crippen LogP contribution in [0.15, 0.2) is 72.8 Å². The Morgan fingerprint density at radius 3 is 2.23 bits per heavy atom.